The SMILES string of the molecule is [Cl][Sn]([Cl])([Cl])[CH2]CCC(c1ccccc1)c1ccccc1. The van der Waals surface area contributed by atoms with Crippen LogP contribution in [0.1, 0.15) is 29.9 Å². The van der Waals surface area contributed by atoms with E-state index in [1.54, 1.807) is 0 Å². The second-order valence-corrected chi connectivity index (χ2v) is 26.7. The van der Waals surface area contributed by atoms with Crippen LogP contribution in [0.5, 0.6) is 0 Å². The zero-order valence-corrected chi connectivity index (χ0v) is 16.2. The molecule has 0 heterocycles. The molecule has 2 aromatic carbocycles. The number of halogens is 3. The summed E-state index contributed by atoms with van der Waals surface area (Å²) in [6, 6.07) is 21.1. The van der Waals surface area contributed by atoms with Crippen LogP contribution in [0.3, 0.4) is 0 Å². The van der Waals surface area contributed by atoms with E-state index in [0.717, 1.165) is 17.3 Å². The van der Waals surface area contributed by atoms with E-state index in [2.05, 4.69) is 48.5 Å². The molecule has 0 fully saturated rings. The van der Waals surface area contributed by atoms with Crippen molar-refractivity contribution in [2.75, 3.05) is 0 Å². The van der Waals surface area contributed by atoms with Crippen molar-refractivity contribution in [3.63, 3.8) is 0 Å². The topological polar surface area (TPSA) is 0 Å². The molecule has 2 rings (SSSR count). The molecule has 0 amide bonds. The molecule has 20 heavy (non-hydrogen) atoms. The molecule has 0 atom stereocenters. The van der Waals surface area contributed by atoms with Crippen molar-refractivity contribution >= 4 is 41.8 Å². The third-order valence-electron chi connectivity index (χ3n) is 3.36. The van der Waals surface area contributed by atoms with Gasteiger partial charge in [-0.05, 0) is 0 Å². The molecule has 0 aliphatic heterocycles. The Morgan fingerprint density at radius 2 is 1.20 bits per heavy atom. The molecule has 106 valence electrons. The normalized spacial score (nSPS) is 11.8. The van der Waals surface area contributed by atoms with E-state index in [1.807, 2.05) is 12.1 Å². The van der Waals surface area contributed by atoms with Crippen LogP contribution >= 0.6 is 26.8 Å². The van der Waals surface area contributed by atoms with Crippen LogP contribution < -0.4 is 0 Å². The molecular weight excluding hydrogens is 417 g/mol. The molecule has 0 aliphatic carbocycles. The average Bonchev–Trinajstić information content (AvgIpc) is 2.44. The predicted molar refractivity (Wildman–Crippen MR) is 92.1 cm³/mol. The Labute approximate surface area is 136 Å². The second kappa shape index (κ2) is 7.93. The standard InChI is InChI=1S/C16H17.3ClH.Sn/c1-2-9-16(14-10-5-3-6-11-14)15-12-7-4-8-13-15;;;;/h3-8,10-13,16H,1-2,9H2;3*1H;/q;;;;+3/p-3. The summed E-state index contributed by atoms with van der Waals surface area (Å²) in [5, 5.41) is 0. The van der Waals surface area contributed by atoms with Crippen molar-refractivity contribution in [3.05, 3.63) is 71.8 Å². The van der Waals surface area contributed by atoms with Gasteiger partial charge in [-0.3, -0.25) is 0 Å². The van der Waals surface area contributed by atoms with E-state index in [4.69, 9.17) is 26.8 Å². The van der Waals surface area contributed by atoms with Gasteiger partial charge in [0.1, 0.15) is 0 Å². The molecule has 0 unspecified atom stereocenters. The van der Waals surface area contributed by atoms with E-state index in [-0.39, 0.29) is 0 Å². The molecule has 0 N–H and O–H groups in total. The number of rotatable bonds is 6. The van der Waals surface area contributed by atoms with Gasteiger partial charge in [0.25, 0.3) is 0 Å². The quantitative estimate of drug-likeness (QED) is 0.471. The summed E-state index contributed by atoms with van der Waals surface area (Å²) in [6.45, 7) is 0. The summed E-state index contributed by atoms with van der Waals surface area (Å²) >= 11 is -3.20. The van der Waals surface area contributed by atoms with Gasteiger partial charge in [0.15, 0.2) is 0 Å². The summed E-state index contributed by atoms with van der Waals surface area (Å²) in [5.74, 6) is 0.385. The van der Waals surface area contributed by atoms with Crippen molar-refractivity contribution in [1.82, 2.24) is 0 Å². The van der Waals surface area contributed by atoms with Crippen LogP contribution in [-0.2, 0) is 0 Å². The Kier molecular flexibility index (Phi) is 6.53. The van der Waals surface area contributed by atoms with Gasteiger partial charge in [0.05, 0.1) is 0 Å². The molecule has 0 bridgehead atoms. The van der Waals surface area contributed by atoms with Crippen molar-refractivity contribution in [3.8, 4) is 0 Å². The average molecular weight is 434 g/mol. The van der Waals surface area contributed by atoms with E-state index in [1.165, 1.54) is 11.1 Å². The molecule has 0 spiro atoms. The maximum atomic E-state index is 6.05. The number of hydrogen-bond donors (Lipinski definition) is 0. The Morgan fingerprint density at radius 1 is 0.750 bits per heavy atom. The van der Waals surface area contributed by atoms with Crippen molar-refractivity contribution in [2.45, 2.75) is 23.2 Å². The molecular formula is C16H17Cl3Sn. The molecule has 0 radical (unpaired) electrons. The monoisotopic (exact) mass is 434 g/mol. The molecule has 4 heteroatoms. The predicted octanol–water partition coefficient (Wildman–Crippen LogP) is 6.25. The molecule has 0 saturated heterocycles. The van der Waals surface area contributed by atoms with Crippen LogP contribution in [0, 0.1) is 0 Å². The second-order valence-electron chi connectivity index (χ2n) is 4.88. The van der Waals surface area contributed by atoms with Crippen molar-refractivity contribution in [1.29, 1.82) is 0 Å². The zero-order valence-electron chi connectivity index (χ0n) is 11.1. The summed E-state index contributed by atoms with van der Waals surface area (Å²) < 4.78 is 0.787. The fourth-order valence-electron chi connectivity index (χ4n) is 2.40. The molecule has 0 saturated carbocycles. The fourth-order valence-corrected chi connectivity index (χ4v) is 6.82. The third-order valence-corrected chi connectivity index (χ3v) is 9.79. The summed E-state index contributed by atoms with van der Waals surface area (Å²) in [5.41, 5.74) is 2.66. The zero-order chi connectivity index (χ0) is 14.4. The summed E-state index contributed by atoms with van der Waals surface area (Å²) in [4.78, 5) is 0. The Bertz CT molecular complexity index is 469. The van der Waals surface area contributed by atoms with Gasteiger partial charge in [-0.25, -0.2) is 0 Å². The van der Waals surface area contributed by atoms with E-state index in [9.17, 15) is 0 Å². The minimum absolute atomic E-state index is 0.385. The van der Waals surface area contributed by atoms with E-state index < -0.39 is 15.0 Å². The van der Waals surface area contributed by atoms with Gasteiger partial charge in [0, 0.05) is 0 Å². The van der Waals surface area contributed by atoms with E-state index in [0.29, 0.717) is 5.92 Å². The Hall–Kier alpha value is 0.109. The maximum absolute atomic E-state index is 6.05. The minimum atomic E-state index is -3.20. The Morgan fingerprint density at radius 3 is 1.60 bits per heavy atom. The molecule has 0 aliphatic rings. The first-order valence-electron chi connectivity index (χ1n) is 6.73. The van der Waals surface area contributed by atoms with Gasteiger partial charge in [-0.2, -0.15) is 0 Å². The third kappa shape index (κ3) is 5.48. The van der Waals surface area contributed by atoms with Crippen LogP contribution in [0.25, 0.3) is 0 Å². The van der Waals surface area contributed by atoms with Crippen molar-refractivity contribution < 1.29 is 0 Å². The summed E-state index contributed by atoms with van der Waals surface area (Å²) in [6.07, 6.45) is 2.00. The van der Waals surface area contributed by atoms with E-state index >= 15 is 0 Å². The number of hydrogen-bond acceptors (Lipinski definition) is 0. The first-order valence-corrected chi connectivity index (χ1v) is 19.6. The van der Waals surface area contributed by atoms with Crippen molar-refractivity contribution in [2.24, 2.45) is 0 Å². The first kappa shape index (κ1) is 16.5. The van der Waals surface area contributed by atoms with Crippen LogP contribution in [-0.4, -0.2) is 15.0 Å². The van der Waals surface area contributed by atoms with Gasteiger partial charge in [-0.1, -0.05) is 0 Å². The van der Waals surface area contributed by atoms with Crippen LogP contribution in [0.4, 0.5) is 0 Å². The van der Waals surface area contributed by atoms with Crippen LogP contribution in [0.15, 0.2) is 60.7 Å². The van der Waals surface area contributed by atoms with Gasteiger partial charge in [0.2, 0.25) is 0 Å². The molecule has 0 aromatic heterocycles. The Balaban J connectivity index is 2.13. The molecule has 0 nitrogen and oxygen atoms in total. The van der Waals surface area contributed by atoms with Gasteiger partial charge >= 0.3 is 137 Å². The number of benzene rings is 2. The van der Waals surface area contributed by atoms with Gasteiger partial charge < -0.3 is 0 Å². The fraction of sp³-hybridized carbons (Fsp3) is 0.250. The first-order chi connectivity index (χ1) is 9.56. The van der Waals surface area contributed by atoms with Crippen LogP contribution in [0.2, 0.25) is 4.44 Å². The molecule has 2 aromatic rings. The van der Waals surface area contributed by atoms with Gasteiger partial charge in [-0.15, -0.1) is 0 Å². The summed E-state index contributed by atoms with van der Waals surface area (Å²) in [7, 11) is 18.1.